The number of carbonyl (C=O) groups excluding carboxylic acids is 4. The molecule has 75 heavy (non-hydrogen) atoms. The van der Waals surface area contributed by atoms with Gasteiger partial charge in [0.25, 0.3) is 5.91 Å². The van der Waals surface area contributed by atoms with Gasteiger partial charge in [0, 0.05) is 56.3 Å². The zero-order chi connectivity index (χ0) is 54.0. The molecule has 0 radical (unpaired) electrons. The monoisotopic (exact) mass is 1070 g/mol. The third-order valence-electron chi connectivity index (χ3n) is 16.3. The molecule has 1 unspecified atom stereocenters. The van der Waals surface area contributed by atoms with Crippen LogP contribution in [0, 0.1) is 29.1 Å². The normalized spacial score (nSPS) is 24.2. The zero-order valence-electron chi connectivity index (χ0n) is 41.1. The van der Waals surface area contributed by atoms with E-state index in [9.17, 15) is 63.5 Å². The molecule has 5 saturated heterocycles. The Hall–Kier alpha value is -5.91. The maximum atomic E-state index is 14.9. The first-order valence-electron chi connectivity index (χ1n) is 24.9. The number of fused-ring (bicyclic) bond motifs is 3. The molecule has 15 nitrogen and oxygen atoms in total. The Morgan fingerprint density at radius 2 is 1.52 bits per heavy atom. The number of carboxylic acids is 1. The number of benzene rings is 2. The SMILES string of the molecule is Cc1cc(C2CCN(C(=O)C(NC(=O)[C@@H]3CN(C(=O)c4cnn(Cc5ccc(C(F)(F)F)cc5)c4)CC34CN(C(=O)C3(C(F)(F)F)CC3)C4)[C@@H](C)OCC34CCC(CC3)OC4)CC2)cc(C(F)(F)F)c1OCC(=O)O. The van der Waals surface area contributed by atoms with Crippen LogP contribution in [0.4, 0.5) is 39.5 Å². The number of nitrogens with one attached hydrogen (secondary N) is 1. The predicted octanol–water partition coefficient (Wildman–Crippen LogP) is 7.24. The molecule has 2 aliphatic carbocycles. The molecule has 24 heteroatoms. The van der Waals surface area contributed by atoms with Crippen LogP contribution in [-0.4, -0.2) is 143 Å². The van der Waals surface area contributed by atoms with Crippen LogP contribution in [0.2, 0.25) is 0 Å². The largest absolute Gasteiger partial charge is 0.481 e. The number of amides is 4. The van der Waals surface area contributed by atoms with E-state index in [0.29, 0.717) is 17.7 Å². The minimum Gasteiger partial charge on any atom is -0.481 e. The Balaban J connectivity index is 0.944. The first-order valence-corrected chi connectivity index (χ1v) is 24.9. The number of carboxylic acid groups (broad SMARTS) is 1. The molecular weight excluding hydrogens is 1010 g/mol. The summed E-state index contributed by atoms with van der Waals surface area (Å²) < 4.78 is 144. The number of hydrogen-bond donors (Lipinski definition) is 2. The zero-order valence-corrected chi connectivity index (χ0v) is 41.1. The molecule has 2 bridgehead atoms. The Bertz CT molecular complexity index is 2650. The summed E-state index contributed by atoms with van der Waals surface area (Å²) in [6, 6.07) is 5.44. The highest BCUT2D eigenvalue weighted by Gasteiger charge is 2.72. The van der Waals surface area contributed by atoms with Gasteiger partial charge in [-0.1, -0.05) is 18.2 Å². The van der Waals surface area contributed by atoms with E-state index in [4.69, 9.17) is 19.3 Å². The van der Waals surface area contributed by atoms with Crippen LogP contribution in [0.15, 0.2) is 48.8 Å². The van der Waals surface area contributed by atoms with Crippen molar-refractivity contribution < 1.29 is 82.8 Å². The summed E-state index contributed by atoms with van der Waals surface area (Å²) in [5.41, 5.74) is -5.22. The fourth-order valence-corrected chi connectivity index (χ4v) is 11.7. The molecule has 2 N–H and O–H groups in total. The summed E-state index contributed by atoms with van der Waals surface area (Å²) in [4.78, 5) is 72.4. The van der Waals surface area contributed by atoms with Crippen molar-refractivity contribution in [3.63, 3.8) is 0 Å². The average Bonchev–Trinajstić information content (AvgIpc) is 3.90. The van der Waals surface area contributed by atoms with Gasteiger partial charge in [0.15, 0.2) is 6.61 Å². The van der Waals surface area contributed by atoms with E-state index in [2.05, 4.69) is 10.4 Å². The van der Waals surface area contributed by atoms with E-state index < -0.39 is 106 Å². The lowest BCUT2D eigenvalue weighted by Crippen LogP contribution is -2.67. The molecule has 408 valence electrons. The second kappa shape index (κ2) is 19.9. The number of aryl methyl sites for hydroxylation is 1. The van der Waals surface area contributed by atoms with Gasteiger partial charge in [-0.2, -0.15) is 44.6 Å². The van der Waals surface area contributed by atoms with E-state index in [0.717, 1.165) is 48.8 Å². The number of alkyl halides is 9. The van der Waals surface area contributed by atoms with Gasteiger partial charge >= 0.3 is 24.5 Å². The van der Waals surface area contributed by atoms with Gasteiger partial charge in [-0.05, 0) is 106 Å². The maximum Gasteiger partial charge on any atom is 0.419 e. The lowest BCUT2D eigenvalue weighted by molar-refractivity contribution is -0.205. The van der Waals surface area contributed by atoms with E-state index in [1.165, 1.54) is 52.0 Å². The van der Waals surface area contributed by atoms with Gasteiger partial charge < -0.3 is 39.3 Å². The topological polar surface area (TPSA) is 173 Å². The van der Waals surface area contributed by atoms with Crippen molar-refractivity contribution >= 4 is 29.6 Å². The number of ether oxygens (including phenoxy) is 3. The molecule has 3 atom stereocenters. The van der Waals surface area contributed by atoms with Crippen molar-refractivity contribution in [3.8, 4) is 5.75 Å². The minimum absolute atomic E-state index is 0.00219. The number of piperidine rings is 1. The maximum absolute atomic E-state index is 14.9. The van der Waals surface area contributed by atoms with Crippen molar-refractivity contribution in [2.45, 2.75) is 114 Å². The highest BCUT2D eigenvalue weighted by atomic mass is 19.4. The fourth-order valence-electron chi connectivity index (χ4n) is 11.7. The molecule has 7 fully saturated rings. The fraction of sp³-hybridized carbons (Fsp3) is 0.608. The second-order valence-corrected chi connectivity index (χ2v) is 21.5. The highest BCUT2D eigenvalue weighted by Crippen LogP contribution is 2.60. The molecule has 6 heterocycles. The van der Waals surface area contributed by atoms with Crippen LogP contribution in [-0.2, 0) is 47.5 Å². The first kappa shape index (κ1) is 53.9. The van der Waals surface area contributed by atoms with Crippen LogP contribution in [0.5, 0.6) is 5.75 Å². The molecule has 4 amide bonds. The predicted molar refractivity (Wildman–Crippen MR) is 245 cm³/mol. The summed E-state index contributed by atoms with van der Waals surface area (Å²) in [7, 11) is 0. The van der Waals surface area contributed by atoms with Gasteiger partial charge in [0.2, 0.25) is 17.7 Å². The lowest BCUT2D eigenvalue weighted by atomic mass is 9.70. The van der Waals surface area contributed by atoms with Crippen LogP contribution < -0.4 is 10.1 Å². The number of hydrogen-bond acceptors (Lipinski definition) is 9. The van der Waals surface area contributed by atoms with Crippen molar-refractivity contribution in [1.29, 1.82) is 0 Å². The van der Waals surface area contributed by atoms with E-state index in [-0.39, 0.29) is 101 Å². The lowest BCUT2D eigenvalue weighted by Gasteiger charge is -2.51. The minimum atomic E-state index is -4.88. The third-order valence-corrected chi connectivity index (χ3v) is 16.3. The molecule has 7 aliphatic rings. The van der Waals surface area contributed by atoms with Crippen molar-refractivity contribution in [2.24, 2.45) is 22.2 Å². The van der Waals surface area contributed by atoms with Gasteiger partial charge in [-0.25, -0.2) is 4.79 Å². The van der Waals surface area contributed by atoms with Crippen molar-refractivity contribution in [1.82, 2.24) is 29.8 Å². The molecule has 2 aromatic carbocycles. The quantitative estimate of drug-likeness (QED) is 0.148. The molecule has 5 aliphatic heterocycles. The average molecular weight is 1070 g/mol. The molecule has 10 rings (SSSR count). The standard InChI is InChI=1S/C51H57F9N6O9/c1-29-17-33(18-37(50(55,56)57)41(29)73-23-39(67)68)32-9-15-63(16-10-32)44(71)40(30(2)74-27-46-11-7-36(8-12-46)75-28-46)62-42(69)38-22-64(24-47(38)25-65(26-47)45(72)48(13-14-48)51(58,59)60)43(70)34-19-61-66(21-34)20-31-3-5-35(6-4-31)49(52,53)54/h3-6,17-19,21,30,32,36,38,40H,7-16,20,22-28H2,1-2H3,(H,62,69)(H,67,68)/t30-,36?,38+,40?,46?/m1/s1. The molecular formula is C51H57F9N6O9. The smallest absolute Gasteiger partial charge is 0.419 e. The Kier molecular flexibility index (Phi) is 14.3. The molecule has 3 aromatic rings. The van der Waals surface area contributed by atoms with E-state index in [1.54, 1.807) is 6.92 Å². The number of likely N-dealkylation sites (tertiary alicyclic amines) is 3. The summed E-state index contributed by atoms with van der Waals surface area (Å²) in [6.45, 7) is 1.71. The Labute approximate surface area is 425 Å². The van der Waals surface area contributed by atoms with Gasteiger partial charge in [-0.3, -0.25) is 23.9 Å². The van der Waals surface area contributed by atoms with Crippen LogP contribution >= 0.6 is 0 Å². The molecule has 2 saturated carbocycles. The summed E-state index contributed by atoms with van der Waals surface area (Å²) in [5.74, 6) is -6.69. The number of rotatable bonds is 15. The van der Waals surface area contributed by atoms with Gasteiger partial charge in [0.1, 0.15) is 17.2 Å². The van der Waals surface area contributed by atoms with Gasteiger partial charge in [0.05, 0.1) is 60.8 Å². The number of carbonyl (C=O) groups is 5. The highest BCUT2D eigenvalue weighted by molar-refractivity contribution is 5.96. The second-order valence-electron chi connectivity index (χ2n) is 21.5. The number of aliphatic carboxylic acids is 1. The third kappa shape index (κ3) is 10.9. The summed E-state index contributed by atoms with van der Waals surface area (Å²) in [6.07, 6.45) is -9.50. The van der Waals surface area contributed by atoms with Crippen LogP contribution in [0.1, 0.15) is 102 Å². The number of nitrogens with zero attached hydrogens (tertiary/aromatic N) is 5. The van der Waals surface area contributed by atoms with E-state index in [1.807, 2.05) is 0 Å². The van der Waals surface area contributed by atoms with Crippen LogP contribution in [0.25, 0.3) is 0 Å². The summed E-state index contributed by atoms with van der Waals surface area (Å²) in [5, 5.41) is 16.2. The Morgan fingerprint density at radius 1 is 0.867 bits per heavy atom. The van der Waals surface area contributed by atoms with E-state index >= 15 is 0 Å². The Morgan fingerprint density at radius 3 is 2.09 bits per heavy atom. The van der Waals surface area contributed by atoms with Crippen molar-refractivity contribution in [2.75, 3.05) is 59.1 Å². The summed E-state index contributed by atoms with van der Waals surface area (Å²) >= 11 is 0. The molecule has 1 spiro atoms. The first-order chi connectivity index (χ1) is 35.2. The van der Waals surface area contributed by atoms with Gasteiger partial charge in [-0.15, -0.1) is 0 Å². The van der Waals surface area contributed by atoms with Crippen LogP contribution in [0.3, 0.4) is 0 Å². The van der Waals surface area contributed by atoms with Crippen molar-refractivity contribution in [3.05, 3.63) is 82.2 Å². The number of aromatic nitrogens is 2. The molecule has 1 aromatic heterocycles. The number of halogens is 9.